The summed E-state index contributed by atoms with van der Waals surface area (Å²) in [7, 11) is -2.13. The molecule has 1 saturated heterocycles. The fourth-order valence-corrected chi connectivity index (χ4v) is 4.76. The van der Waals surface area contributed by atoms with Gasteiger partial charge in [-0.1, -0.05) is 23.7 Å². The minimum absolute atomic E-state index is 0.145. The summed E-state index contributed by atoms with van der Waals surface area (Å²) < 4.78 is 32.3. The fraction of sp³-hybridized carbons (Fsp3) is 0.316. The van der Waals surface area contributed by atoms with E-state index in [1.807, 2.05) is 6.07 Å². The van der Waals surface area contributed by atoms with Crippen LogP contribution in [0.25, 0.3) is 0 Å². The van der Waals surface area contributed by atoms with Gasteiger partial charge in [0.15, 0.2) is 0 Å². The van der Waals surface area contributed by atoms with Crippen molar-refractivity contribution in [2.45, 2.75) is 17.7 Å². The van der Waals surface area contributed by atoms with Gasteiger partial charge in [-0.05, 0) is 49.2 Å². The summed E-state index contributed by atoms with van der Waals surface area (Å²) in [6.07, 6.45) is 1.25. The molecule has 2 aromatic carbocycles. The number of para-hydroxylation sites is 2. The third-order valence-corrected chi connectivity index (χ3v) is 6.70. The lowest BCUT2D eigenvalue weighted by Crippen LogP contribution is -2.43. The van der Waals surface area contributed by atoms with Crippen LogP contribution in [0.3, 0.4) is 0 Å². The van der Waals surface area contributed by atoms with Gasteiger partial charge in [-0.15, -0.1) is 0 Å². The highest BCUT2D eigenvalue weighted by Gasteiger charge is 2.33. The quantitative estimate of drug-likeness (QED) is 0.822. The van der Waals surface area contributed by atoms with Crippen LogP contribution in [-0.2, 0) is 14.8 Å². The first kappa shape index (κ1) is 19.7. The van der Waals surface area contributed by atoms with Crippen molar-refractivity contribution in [3.8, 4) is 5.75 Å². The largest absolute Gasteiger partial charge is 0.495 e. The van der Waals surface area contributed by atoms with E-state index in [1.54, 1.807) is 30.3 Å². The molecule has 0 radical (unpaired) electrons. The van der Waals surface area contributed by atoms with Gasteiger partial charge in [0.2, 0.25) is 15.9 Å². The Hall–Kier alpha value is -2.09. The maximum Gasteiger partial charge on any atom is 0.243 e. The number of piperidine rings is 1. The molecule has 6 nitrogen and oxygen atoms in total. The van der Waals surface area contributed by atoms with Crippen LogP contribution in [0.2, 0.25) is 5.02 Å². The average Bonchev–Trinajstić information content (AvgIpc) is 2.69. The van der Waals surface area contributed by atoms with Crippen LogP contribution in [0.15, 0.2) is 53.4 Å². The summed E-state index contributed by atoms with van der Waals surface area (Å²) >= 11 is 5.84. The summed E-state index contributed by atoms with van der Waals surface area (Å²) in [5.41, 5.74) is 0.572. The molecular formula is C19H21ClN2O4S. The Morgan fingerprint density at radius 1 is 1.19 bits per heavy atom. The van der Waals surface area contributed by atoms with Gasteiger partial charge in [0.25, 0.3) is 0 Å². The van der Waals surface area contributed by atoms with Gasteiger partial charge in [0, 0.05) is 18.1 Å². The number of nitrogens with one attached hydrogen (secondary N) is 1. The minimum atomic E-state index is -3.66. The molecule has 1 aliphatic heterocycles. The van der Waals surface area contributed by atoms with Crippen LogP contribution >= 0.6 is 11.6 Å². The zero-order valence-corrected chi connectivity index (χ0v) is 16.5. The van der Waals surface area contributed by atoms with Gasteiger partial charge in [-0.2, -0.15) is 4.31 Å². The molecule has 2 aromatic rings. The molecule has 27 heavy (non-hydrogen) atoms. The Kier molecular flexibility index (Phi) is 6.04. The smallest absolute Gasteiger partial charge is 0.243 e. The Morgan fingerprint density at radius 2 is 1.89 bits per heavy atom. The van der Waals surface area contributed by atoms with E-state index in [9.17, 15) is 13.2 Å². The maximum atomic E-state index is 12.9. The second kappa shape index (κ2) is 8.29. The van der Waals surface area contributed by atoms with E-state index in [4.69, 9.17) is 16.3 Å². The zero-order chi connectivity index (χ0) is 19.4. The standard InChI is InChI=1S/C19H21ClN2O4S/c1-26-18-7-3-2-6-17(18)21-19(23)14-5-4-12-22(13-14)27(24,25)16-10-8-15(20)9-11-16/h2-3,6-11,14H,4-5,12-13H2,1H3,(H,21,23). The molecule has 1 N–H and O–H groups in total. The first-order valence-electron chi connectivity index (χ1n) is 8.61. The zero-order valence-electron chi connectivity index (χ0n) is 14.9. The molecule has 144 valence electrons. The second-order valence-electron chi connectivity index (χ2n) is 6.35. The Balaban J connectivity index is 1.73. The lowest BCUT2D eigenvalue weighted by atomic mass is 9.98. The third-order valence-electron chi connectivity index (χ3n) is 4.57. The molecule has 1 aliphatic rings. The monoisotopic (exact) mass is 408 g/mol. The molecule has 0 saturated carbocycles. The molecule has 1 atom stereocenters. The number of nitrogens with zero attached hydrogens (tertiary/aromatic N) is 1. The molecular weight excluding hydrogens is 388 g/mol. The van der Waals surface area contributed by atoms with E-state index in [0.29, 0.717) is 35.8 Å². The molecule has 1 heterocycles. The highest BCUT2D eigenvalue weighted by molar-refractivity contribution is 7.89. The molecule has 1 amide bonds. The van der Waals surface area contributed by atoms with Gasteiger partial charge >= 0.3 is 0 Å². The molecule has 0 spiro atoms. The topological polar surface area (TPSA) is 75.7 Å². The fourth-order valence-electron chi connectivity index (χ4n) is 3.11. The molecule has 0 aromatic heterocycles. The average molecular weight is 409 g/mol. The first-order chi connectivity index (χ1) is 12.9. The van der Waals surface area contributed by atoms with Crippen LogP contribution in [-0.4, -0.2) is 38.8 Å². The van der Waals surface area contributed by atoms with Crippen molar-refractivity contribution in [3.63, 3.8) is 0 Å². The van der Waals surface area contributed by atoms with Crippen molar-refractivity contribution in [1.29, 1.82) is 0 Å². The number of hydrogen-bond donors (Lipinski definition) is 1. The summed E-state index contributed by atoms with van der Waals surface area (Å²) in [6, 6.07) is 13.2. The number of carbonyl (C=O) groups excluding carboxylic acids is 1. The molecule has 1 fully saturated rings. The van der Waals surface area contributed by atoms with E-state index in [0.717, 1.165) is 0 Å². The molecule has 8 heteroatoms. The number of ether oxygens (including phenoxy) is 1. The Morgan fingerprint density at radius 3 is 2.59 bits per heavy atom. The van der Waals surface area contributed by atoms with E-state index >= 15 is 0 Å². The SMILES string of the molecule is COc1ccccc1NC(=O)C1CCCN(S(=O)(=O)c2ccc(Cl)cc2)C1. The molecule has 3 rings (SSSR count). The van der Waals surface area contributed by atoms with Crippen molar-refractivity contribution < 1.29 is 17.9 Å². The van der Waals surface area contributed by atoms with Gasteiger partial charge in [-0.3, -0.25) is 4.79 Å². The number of anilines is 1. The van der Waals surface area contributed by atoms with Gasteiger partial charge in [0.05, 0.1) is 23.6 Å². The van der Waals surface area contributed by atoms with Gasteiger partial charge in [-0.25, -0.2) is 8.42 Å². The predicted molar refractivity (Wildman–Crippen MR) is 105 cm³/mol. The van der Waals surface area contributed by atoms with Gasteiger partial charge in [0.1, 0.15) is 5.75 Å². The maximum absolute atomic E-state index is 12.9. The van der Waals surface area contributed by atoms with E-state index < -0.39 is 15.9 Å². The highest BCUT2D eigenvalue weighted by atomic mass is 35.5. The number of hydrogen-bond acceptors (Lipinski definition) is 4. The van der Waals surface area contributed by atoms with Crippen LogP contribution < -0.4 is 10.1 Å². The predicted octanol–water partition coefficient (Wildman–Crippen LogP) is 3.39. The van der Waals surface area contributed by atoms with Crippen molar-refractivity contribution >= 4 is 33.2 Å². The van der Waals surface area contributed by atoms with Crippen LogP contribution in [0.5, 0.6) is 5.75 Å². The van der Waals surface area contributed by atoms with Crippen molar-refractivity contribution in [2.75, 3.05) is 25.5 Å². The first-order valence-corrected chi connectivity index (χ1v) is 10.4. The number of carbonyl (C=O) groups is 1. The molecule has 1 unspecified atom stereocenters. The number of halogens is 1. The van der Waals surface area contributed by atoms with Crippen molar-refractivity contribution in [1.82, 2.24) is 4.31 Å². The number of rotatable bonds is 5. The second-order valence-corrected chi connectivity index (χ2v) is 8.72. The lowest BCUT2D eigenvalue weighted by molar-refractivity contribution is -0.120. The number of sulfonamides is 1. The van der Waals surface area contributed by atoms with Gasteiger partial charge < -0.3 is 10.1 Å². The summed E-state index contributed by atoms with van der Waals surface area (Å²) in [6.45, 7) is 0.537. The Labute approximate surface area is 164 Å². The Bertz CT molecular complexity index is 916. The van der Waals surface area contributed by atoms with Crippen LogP contribution in [0.4, 0.5) is 5.69 Å². The van der Waals surface area contributed by atoms with E-state index in [1.165, 1.54) is 23.5 Å². The number of benzene rings is 2. The third kappa shape index (κ3) is 4.43. The summed E-state index contributed by atoms with van der Waals surface area (Å²) in [5, 5.41) is 3.32. The number of methoxy groups -OCH3 is 1. The van der Waals surface area contributed by atoms with Crippen LogP contribution in [0.1, 0.15) is 12.8 Å². The van der Waals surface area contributed by atoms with Crippen molar-refractivity contribution in [2.24, 2.45) is 5.92 Å². The minimum Gasteiger partial charge on any atom is -0.495 e. The lowest BCUT2D eigenvalue weighted by Gasteiger charge is -2.31. The van der Waals surface area contributed by atoms with Crippen LogP contribution in [0, 0.1) is 5.92 Å². The van der Waals surface area contributed by atoms with Crippen molar-refractivity contribution in [3.05, 3.63) is 53.6 Å². The summed E-state index contributed by atoms with van der Waals surface area (Å²) in [5.74, 6) is -0.0754. The molecule has 0 bridgehead atoms. The summed E-state index contributed by atoms with van der Waals surface area (Å²) in [4.78, 5) is 12.9. The van der Waals surface area contributed by atoms with E-state index in [-0.39, 0.29) is 17.3 Å². The normalized spacial score (nSPS) is 18.1. The highest BCUT2D eigenvalue weighted by Crippen LogP contribution is 2.28. The molecule has 0 aliphatic carbocycles. The number of amides is 1. The van der Waals surface area contributed by atoms with E-state index in [2.05, 4.69) is 5.32 Å².